The Morgan fingerprint density at radius 2 is 1.63 bits per heavy atom. The fraction of sp³-hybridized carbons (Fsp3) is 0.152. The van der Waals surface area contributed by atoms with E-state index in [9.17, 15) is 14.9 Å². The second-order valence-corrected chi connectivity index (χ2v) is 10.4. The number of carbonyl (C=O) groups excluding carboxylic acids is 1. The number of hydrogen-bond acceptors (Lipinski definition) is 8. The van der Waals surface area contributed by atoms with Crippen LogP contribution in [0.1, 0.15) is 23.6 Å². The fourth-order valence-corrected chi connectivity index (χ4v) is 5.28. The monoisotopic (exact) mass is 595 g/mol. The van der Waals surface area contributed by atoms with Gasteiger partial charge in [0.05, 0.1) is 35.8 Å². The average Bonchev–Trinajstić information content (AvgIpc) is 3.30. The number of methoxy groups -OCH3 is 1. The summed E-state index contributed by atoms with van der Waals surface area (Å²) in [6.07, 6.45) is 1.82. The van der Waals surface area contributed by atoms with Gasteiger partial charge < -0.3 is 14.2 Å². The molecule has 0 aromatic heterocycles. The number of hydrogen-bond donors (Lipinski definition) is 0. The average molecular weight is 596 g/mol. The van der Waals surface area contributed by atoms with Crippen molar-refractivity contribution < 1.29 is 23.9 Å². The SMILES string of the molecule is CCOc1cc(/C=C2\SC(=Nc3ccccc3)N(Cc3ccc(OC)cc3)C2=O)ccc1OCc1ccc([N+](=O)[O-])cc1. The van der Waals surface area contributed by atoms with E-state index < -0.39 is 4.92 Å². The van der Waals surface area contributed by atoms with E-state index in [1.54, 1.807) is 30.2 Å². The summed E-state index contributed by atoms with van der Waals surface area (Å²) in [5, 5.41) is 11.5. The van der Waals surface area contributed by atoms with Gasteiger partial charge in [0.25, 0.3) is 11.6 Å². The first-order valence-electron chi connectivity index (χ1n) is 13.5. The van der Waals surface area contributed by atoms with Crippen LogP contribution >= 0.6 is 11.8 Å². The van der Waals surface area contributed by atoms with Gasteiger partial charge in [-0.15, -0.1) is 0 Å². The number of amidine groups is 1. The molecule has 0 unspecified atom stereocenters. The smallest absolute Gasteiger partial charge is 0.269 e. The molecule has 1 fully saturated rings. The van der Waals surface area contributed by atoms with Crippen molar-refractivity contribution in [2.24, 2.45) is 4.99 Å². The van der Waals surface area contributed by atoms with E-state index in [1.165, 1.54) is 23.9 Å². The summed E-state index contributed by atoms with van der Waals surface area (Å²) >= 11 is 1.32. The van der Waals surface area contributed by atoms with E-state index in [4.69, 9.17) is 19.2 Å². The third-order valence-electron chi connectivity index (χ3n) is 6.48. The summed E-state index contributed by atoms with van der Waals surface area (Å²) in [7, 11) is 1.62. The molecule has 1 heterocycles. The Kier molecular flexibility index (Phi) is 9.38. The second kappa shape index (κ2) is 13.7. The first-order valence-corrected chi connectivity index (χ1v) is 14.4. The molecule has 43 heavy (non-hydrogen) atoms. The second-order valence-electron chi connectivity index (χ2n) is 9.43. The van der Waals surface area contributed by atoms with Gasteiger partial charge in [-0.05, 0) is 90.0 Å². The van der Waals surface area contributed by atoms with Crippen molar-refractivity contribution in [3.05, 3.63) is 129 Å². The topological polar surface area (TPSA) is 104 Å². The van der Waals surface area contributed by atoms with E-state index in [2.05, 4.69) is 0 Å². The molecule has 10 heteroatoms. The molecule has 0 atom stereocenters. The molecule has 1 aliphatic heterocycles. The maximum atomic E-state index is 13.7. The Balaban J connectivity index is 1.39. The summed E-state index contributed by atoms with van der Waals surface area (Å²) in [5.74, 6) is 1.66. The largest absolute Gasteiger partial charge is 0.497 e. The molecule has 4 aromatic rings. The number of nitrogens with zero attached hydrogens (tertiary/aromatic N) is 3. The quantitative estimate of drug-likeness (QED) is 0.101. The Bertz CT molecular complexity index is 1650. The van der Waals surface area contributed by atoms with E-state index in [0.29, 0.717) is 34.7 Å². The zero-order chi connectivity index (χ0) is 30.2. The molecule has 0 saturated carbocycles. The highest BCUT2D eigenvalue weighted by atomic mass is 32.2. The Labute approximate surface area is 253 Å². The molecule has 218 valence electrons. The number of ether oxygens (including phenoxy) is 3. The predicted octanol–water partition coefficient (Wildman–Crippen LogP) is 7.39. The van der Waals surface area contributed by atoms with Gasteiger partial charge in [-0.1, -0.05) is 36.4 Å². The van der Waals surface area contributed by atoms with Crippen LogP contribution in [0.15, 0.2) is 107 Å². The molecule has 1 aliphatic rings. The van der Waals surface area contributed by atoms with E-state index in [0.717, 1.165) is 28.1 Å². The number of nitro benzene ring substituents is 1. The van der Waals surface area contributed by atoms with E-state index >= 15 is 0 Å². The van der Waals surface area contributed by atoms with Gasteiger partial charge in [-0.2, -0.15) is 0 Å². The van der Waals surface area contributed by atoms with Gasteiger partial charge in [0, 0.05) is 12.1 Å². The lowest BCUT2D eigenvalue weighted by Gasteiger charge is -2.16. The molecule has 1 amide bonds. The molecule has 0 radical (unpaired) electrons. The van der Waals surface area contributed by atoms with Crippen LogP contribution in [-0.2, 0) is 17.9 Å². The number of amides is 1. The van der Waals surface area contributed by atoms with Gasteiger partial charge in [0.15, 0.2) is 16.7 Å². The Hall–Kier alpha value is -5.09. The maximum Gasteiger partial charge on any atom is 0.269 e. The molecular formula is C33H29N3O6S. The standard InChI is InChI=1S/C33H29N3O6S/c1-3-41-30-19-25(13-18-29(30)42-22-24-9-14-27(15-10-24)36(38)39)20-31-32(37)35(21-23-11-16-28(40-2)17-12-23)33(43-31)34-26-7-5-4-6-8-26/h4-20H,3,21-22H2,1-2H3/b31-20-,34-33?. The zero-order valence-corrected chi connectivity index (χ0v) is 24.5. The normalized spacial score (nSPS) is 14.7. The molecule has 9 nitrogen and oxygen atoms in total. The number of nitro groups is 1. The highest BCUT2D eigenvalue weighted by Gasteiger charge is 2.33. The van der Waals surface area contributed by atoms with Crippen LogP contribution in [0.25, 0.3) is 6.08 Å². The van der Waals surface area contributed by atoms with Crippen molar-refractivity contribution in [1.82, 2.24) is 4.90 Å². The number of para-hydroxylation sites is 1. The molecule has 0 bridgehead atoms. The van der Waals surface area contributed by atoms with Crippen molar-refractivity contribution in [3.63, 3.8) is 0 Å². The lowest BCUT2D eigenvalue weighted by molar-refractivity contribution is -0.384. The Morgan fingerprint density at radius 1 is 0.907 bits per heavy atom. The summed E-state index contributed by atoms with van der Waals surface area (Å²) in [4.78, 5) is 31.1. The molecule has 0 N–H and O–H groups in total. The van der Waals surface area contributed by atoms with Gasteiger partial charge in [-0.25, -0.2) is 4.99 Å². The minimum Gasteiger partial charge on any atom is -0.497 e. The van der Waals surface area contributed by atoms with Crippen LogP contribution < -0.4 is 14.2 Å². The van der Waals surface area contributed by atoms with Gasteiger partial charge in [0.1, 0.15) is 12.4 Å². The third-order valence-corrected chi connectivity index (χ3v) is 7.48. The zero-order valence-electron chi connectivity index (χ0n) is 23.6. The van der Waals surface area contributed by atoms with Crippen molar-refractivity contribution in [2.75, 3.05) is 13.7 Å². The number of aliphatic imine (C=N–C) groups is 1. The summed E-state index contributed by atoms with van der Waals surface area (Å²) in [6, 6.07) is 28.8. The van der Waals surface area contributed by atoms with Crippen LogP contribution in [-0.4, -0.2) is 34.6 Å². The number of non-ortho nitro benzene ring substituents is 1. The molecule has 0 aliphatic carbocycles. The fourth-order valence-electron chi connectivity index (χ4n) is 4.29. The van der Waals surface area contributed by atoms with E-state index in [-0.39, 0.29) is 18.2 Å². The number of carbonyl (C=O) groups is 1. The van der Waals surface area contributed by atoms with Crippen LogP contribution in [0.5, 0.6) is 17.2 Å². The molecule has 1 saturated heterocycles. The van der Waals surface area contributed by atoms with Crippen LogP contribution in [0.2, 0.25) is 0 Å². The van der Waals surface area contributed by atoms with Crippen molar-refractivity contribution >= 4 is 40.3 Å². The number of thioether (sulfide) groups is 1. The maximum absolute atomic E-state index is 13.7. The van der Waals surface area contributed by atoms with Crippen LogP contribution in [0.3, 0.4) is 0 Å². The van der Waals surface area contributed by atoms with Crippen molar-refractivity contribution in [2.45, 2.75) is 20.1 Å². The van der Waals surface area contributed by atoms with Gasteiger partial charge in [-0.3, -0.25) is 19.8 Å². The highest BCUT2D eigenvalue weighted by molar-refractivity contribution is 8.18. The summed E-state index contributed by atoms with van der Waals surface area (Å²) < 4.78 is 17.1. The molecule has 5 rings (SSSR count). The van der Waals surface area contributed by atoms with Gasteiger partial charge in [0.2, 0.25) is 0 Å². The van der Waals surface area contributed by atoms with Crippen molar-refractivity contribution in [3.8, 4) is 17.2 Å². The summed E-state index contributed by atoms with van der Waals surface area (Å²) in [5.41, 5.74) is 3.29. The summed E-state index contributed by atoms with van der Waals surface area (Å²) in [6.45, 7) is 2.88. The van der Waals surface area contributed by atoms with Crippen LogP contribution in [0, 0.1) is 10.1 Å². The lowest BCUT2D eigenvalue weighted by atomic mass is 10.1. The van der Waals surface area contributed by atoms with Crippen molar-refractivity contribution in [1.29, 1.82) is 0 Å². The molecular weight excluding hydrogens is 566 g/mol. The Morgan fingerprint density at radius 3 is 2.30 bits per heavy atom. The van der Waals surface area contributed by atoms with Crippen LogP contribution in [0.4, 0.5) is 11.4 Å². The third kappa shape index (κ3) is 7.41. The first-order chi connectivity index (χ1) is 20.9. The number of benzene rings is 4. The first kappa shape index (κ1) is 29.4. The molecule has 4 aromatic carbocycles. The minimum atomic E-state index is -0.437. The highest BCUT2D eigenvalue weighted by Crippen LogP contribution is 2.37. The van der Waals surface area contributed by atoms with Gasteiger partial charge >= 0.3 is 0 Å². The number of rotatable bonds is 11. The molecule has 0 spiro atoms. The van der Waals surface area contributed by atoms with E-state index in [1.807, 2.05) is 79.7 Å². The lowest BCUT2D eigenvalue weighted by Crippen LogP contribution is -2.28. The predicted molar refractivity (Wildman–Crippen MR) is 168 cm³/mol. The minimum absolute atomic E-state index is 0.0232.